The molecule has 3 N–H and O–H groups in total. The van der Waals surface area contributed by atoms with Gasteiger partial charge in [-0.05, 0) is 24.9 Å². The molecule has 5 nitrogen and oxygen atoms in total. The highest BCUT2D eigenvalue weighted by atomic mass is 32.2. The van der Waals surface area contributed by atoms with Crippen LogP contribution in [0, 0.1) is 0 Å². The first kappa shape index (κ1) is 27.0. The van der Waals surface area contributed by atoms with Crippen LogP contribution in [0.2, 0.25) is 0 Å². The number of hydrogen-bond acceptors (Lipinski definition) is 5. The van der Waals surface area contributed by atoms with Crippen molar-refractivity contribution in [2.75, 3.05) is 18.6 Å². The lowest BCUT2D eigenvalue weighted by molar-refractivity contribution is 0.0948. The van der Waals surface area contributed by atoms with Crippen LogP contribution in [0.1, 0.15) is 126 Å². The van der Waals surface area contributed by atoms with Crippen LogP contribution in [0.3, 0.4) is 0 Å². The van der Waals surface area contributed by atoms with Crippen LogP contribution in [0.25, 0.3) is 0 Å². The Kier molecular flexibility index (Phi) is 16.9. The SMILES string of the molecule is CCCCCCCCCCCCCCCCNC(=O)c1coc(C(N)CCSC)n1. The molecule has 0 bridgehead atoms. The van der Waals surface area contributed by atoms with Crippen molar-refractivity contribution in [3.8, 4) is 0 Å². The molecule has 1 rings (SSSR count). The van der Waals surface area contributed by atoms with Gasteiger partial charge in [-0.25, -0.2) is 4.98 Å². The van der Waals surface area contributed by atoms with Gasteiger partial charge < -0.3 is 15.5 Å². The van der Waals surface area contributed by atoms with Crippen molar-refractivity contribution in [1.29, 1.82) is 0 Å². The summed E-state index contributed by atoms with van der Waals surface area (Å²) in [7, 11) is 0. The number of nitrogens with two attached hydrogens (primary N) is 1. The zero-order valence-electron chi connectivity index (χ0n) is 19.4. The van der Waals surface area contributed by atoms with Crippen molar-refractivity contribution in [2.24, 2.45) is 5.73 Å². The standard InChI is InChI=1S/C24H45N3O2S/c1-3-4-5-6-7-8-9-10-11-12-13-14-15-16-18-26-23(28)22-20-29-24(27-22)21(25)17-19-30-2/h20-21H,3-19,25H2,1-2H3,(H,26,28). The number of rotatable bonds is 20. The number of aromatic nitrogens is 1. The van der Waals surface area contributed by atoms with Crippen LogP contribution in [-0.4, -0.2) is 29.4 Å². The highest BCUT2D eigenvalue weighted by Crippen LogP contribution is 2.16. The monoisotopic (exact) mass is 439 g/mol. The van der Waals surface area contributed by atoms with Crippen LogP contribution in [0.15, 0.2) is 10.7 Å². The third kappa shape index (κ3) is 13.3. The molecule has 0 saturated carbocycles. The van der Waals surface area contributed by atoms with Crippen LogP contribution in [-0.2, 0) is 0 Å². The molecule has 1 heterocycles. The molecule has 1 amide bonds. The molecule has 0 aliphatic carbocycles. The summed E-state index contributed by atoms with van der Waals surface area (Å²) in [6.45, 7) is 2.97. The molecular formula is C24H45N3O2S. The zero-order valence-corrected chi connectivity index (χ0v) is 20.2. The number of thioether (sulfide) groups is 1. The molecule has 30 heavy (non-hydrogen) atoms. The Morgan fingerprint density at radius 3 is 2.07 bits per heavy atom. The third-order valence-corrected chi connectivity index (χ3v) is 6.16. The van der Waals surface area contributed by atoms with Crippen molar-refractivity contribution in [3.05, 3.63) is 17.8 Å². The quantitative estimate of drug-likeness (QED) is 0.223. The van der Waals surface area contributed by atoms with E-state index < -0.39 is 0 Å². The maximum absolute atomic E-state index is 12.2. The van der Waals surface area contributed by atoms with Crippen molar-refractivity contribution < 1.29 is 9.21 Å². The molecule has 0 aliphatic rings. The lowest BCUT2D eigenvalue weighted by atomic mass is 10.0. The highest BCUT2D eigenvalue weighted by molar-refractivity contribution is 7.98. The summed E-state index contributed by atoms with van der Waals surface area (Å²) in [5.74, 6) is 1.23. The summed E-state index contributed by atoms with van der Waals surface area (Å²) in [6, 6.07) is -0.246. The number of carbonyl (C=O) groups excluding carboxylic acids is 1. The van der Waals surface area contributed by atoms with E-state index in [9.17, 15) is 4.79 Å². The van der Waals surface area contributed by atoms with Gasteiger partial charge in [0.15, 0.2) is 5.69 Å². The number of nitrogens with zero attached hydrogens (tertiary/aromatic N) is 1. The molecule has 0 fully saturated rings. The highest BCUT2D eigenvalue weighted by Gasteiger charge is 2.16. The Morgan fingerprint density at radius 2 is 1.53 bits per heavy atom. The molecule has 0 saturated heterocycles. The van der Waals surface area contributed by atoms with E-state index in [2.05, 4.69) is 17.2 Å². The van der Waals surface area contributed by atoms with E-state index >= 15 is 0 Å². The fourth-order valence-electron chi connectivity index (χ4n) is 3.54. The van der Waals surface area contributed by atoms with E-state index in [4.69, 9.17) is 10.2 Å². The maximum Gasteiger partial charge on any atom is 0.273 e. The van der Waals surface area contributed by atoms with Crippen LogP contribution >= 0.6 is 11.8 Å². The number of amides is 1. The predicted octanol–water partition coefficient (Wildman–Crippen LogP) is 6.64. The van der Waals surface area contributed by atoms with Crippen molar-refractivity contribution in [3.63, 3.8) is 0 Å². The average molecular weight is 440 g/mol. The van der Waals surface area contributed by atoms with Gasteiger partial charge in [-0.2, -0.15) is 11.8 Å². The van der Waals surface area contributed by atoms with Gasteiger partial charge in [0.05, 0.1) is 6.04 Å². The molecule has 0 aromatic carbocycles. The van der Waals surface area contributed by atoms with E-state index in [0.29, 0.717) is 18.1 Å². The molecule has 0 aliphatic heterocycles. The summed E-state index contributed by atoms with van der Waals surface area (Å²) >= 11 is 1.74. The first-order valence-corrected chi connectivity index (χ1v) is 13.6. The van der Waals surface area contributed by atoms with Crippen molar-refractivity contribution in [2.45, 2.75) is 109 Å². The minimum atomic E-state index is -0.246. The van der Waals surface area contributed by atoms with Gasteiger partial charge in [-0.3, -0.25) is 4.79 Å². The zero-order chi connectivity index (χ0) is 21.9. The minimum Gasteiger partial charge on any atom is -0.446 e. The number of carbonyl (C=O) groups is 1. The van der Waals surface area contributed by atoms with Gasteiger partial charge in [-0.15, -0.1) is 0 Å². The third-order valence-electron chi connectivity index (χ3n) is 5.52. The normalized spacial score (nSPS) is 12.2. The van der Waals surface area contributed by atoms with Gasteiger partial charge in [0.2, 0.25) is 5.89 Å². The summed E-state index contributed by atoms with van der Waals surface area (Å²) in [6.07, 6.45) is 22.9. The summed E-state index contributed by atoms with van der Waals surface area (Å²) in [5.41, 5.74) is 6.36. The minimum absolute atomic E-state index is 0.170. The summed E-state index contributed by atoms with van der Waals surface area (Å²) < 4.78 is 5.37. The fourth-order valence-corrected chi connectivity index (χ4v) is 4.03. The first-order valence-electron chi connectivity index (χ1n) is 12.2. The lowest BCUT2D eigenvalue weighted by Gasteiger charge is -2.05. The molecule has 1 aromatic heterocycles. The number of oxazole rings is 1. The van der Waals surface area contributed by atoms with Gasteiger partial charge >= 0.3 is 0 Å². The second-order valence-corrected chi connectivity index (χ2v) is 9.30. The molecule has 1 atom stereocenters. The van der Waals surface area contributed by atoms with Crippen LogP contribution in [0.4, 0.5) is 0 Å². The molecule has 0 radical (unpaired) electrons. The van der Waals surface area contributed by atoms with Gasteiger partial charge in [0, 0.05) is 6.54 Å². The number of nitrogens with one attached hydrogen (secondary N) is 1. The van der Waals surface area contributed by atoms with Crippen molar-refractivity contribution >= 4 is 17.7 Å². The Hall–Kier alpha value is -1.01. The Bertz CT molecular complexity index is 536. The summed E-state index contributed by atoms with van der Waals surface area (Å²) in [5, 5.41) is 2.93. The molecule has 174 valence electrons. The van der Waals surface area contributed by atoms with Crippen LogP contribution in [0.5, 0.6) is 0 Å². The second-order valence-electron chi connectivity index (χ2n) is 8.31. The molecule has 1 aromatic rings. The number of hydrogen-bond donors (Lipinski definition) is 2. The van der Waals surface area contributed by atoms with E-state index in [-0.39, 0.29) is 11.9 Å². The van der Waals surface area contributed by atoms with E-state index in [1.807, 2.05) is 6.26 Å². The van der Waals surface area contributed by atoms with Gasteiger partial charge in [0.1, 0.15) is 6.26 Å². The second kappa shape index (κ2) is 18.7. The molecule has 6 heteroatoms. The fraction of sp³-hybridized carbons (Fsp3) is 0.833. The van der Waals surface area contributed by atoms with Crippen LogP contribution < -0.4 is 11.1 Å². The van der Waals surface area contributed by atoms with E-state index in [1.54, 1.807) is 11.8 Å². The van der Waals surface area contributed by atoms with Crippen molar-refractivity contribution in [1.82, 2.24) is 10.3 Å². The largest absolute Gasteiger partial charge is 0.446 e. The Balaban J connectivity index is 1.93. The molecular weight excluding hydrogens is 394 g/mol. The van der Waals surface area contributed by atoms with E-state index in [0.717, 1.165) is 18.6 Å². The van der Waals surface area contributed by atoms with Gasteiger partial charge in [0.25, 0.3) is 5.91 Å². The predicted molar refractivity (Wildman–Crippen MR) is 129 cm³/mol. The van der Waals surface area contributed by atoms with Gasteiger partial charge in [-0.1, -0.05) is 90.4 Å². The molecule has 1 unspecified atom stereocenters. The topological polar surface area (TPSA) is 81.2 Å². The lowest BCUT2D eigenvalue weighted by Crippen LogP contribution is -2.25. The molecule has 0 spiro atoms. The Labute approximate surface area is 188 Å². The maximum atomic E-state index is 12.2. The van der Waals surface area contributed by atoms with E-state index in [1.165, 1.54) is 89.7 Å². The number of unbranched alkanes of at least 4 members (excludes halogenated alkanes) is 13. The Morgan fingerprint density at radius 1 is 1.00 bits per heavy atom. The average Bonchev–Trinajstić information content (AvgIpc) is 3.25. The smallest absolute Gasteiger partial charge is 0.273 e. The first-order chi connectivity index (χ1) is 14.7. The summed E-state index contributed by atoms with van der Waals surface area (Å²) in [4.78, 5) is 16.4.